The molecule has 2 unspecified atom stereocenters. The first-order valence-corrected chi connectivity index (χ1v) is 21.8. The van der Waals surface area contributed by atoms with Crippen LogP contribution in [0.3, 0.4) is 0 Å². The lowest BCUT2D eigenvalue weighted by Crippen LogP contribution is -2.46. The molecule has 2 aliphatic heterocycles. The SMILES string of the molecule is CC1(c2ccccc2)CCN(c2cccc(-c3ccc(C(=O)OCN(c4ccccc4-c4cccc(N5CCC(C)(c6ccccc6)OC5=O)c4)S(C)(=O)=O)cc3)c2)C(=O)O1. The third-order valence-electron chi connectivity index (χ3n) is 11.4. The van der Waals surface area contributed by atoms with Gasteiger partial charge in [0.1, 0.15) is 11.2 Å². The number of carbonyl (C=O) groups is 3. The van der Waals surface area contributed by atoms with E-state index in [4.69, 9.17) is 14.2 Å². The first kappa shape index (κ1) is 40.8. The average molecular weight is 836 g/mol. The van der Waals surface area contributed by atoms with Gasteiger partial charge in [0.2, 0.25) is 10.0 Å². The molecule has 6 aromatic rings. The number of benzene rings is 6. The minimum atomic E-state index is -3.95. The number of para-hydroxylation sites is 1. The second-order valence-corrected chi connectivity index (χ2v) is 17.5. The van der Waals surface area contributed by atoms with Gasteiger partial charge in [0.05, 0.1) is 17.5 Å². The number of sulfonamides is 1. The Labute approximate surface area is 355 Å². The highest BCUT2D eigenvalue weighted by Crippen LogP contribution is 2.39. The normalized spacial score (nSPS) is 19.1. The summed E-state index contributed by atoms with van der Waals surface area (Å²) in [6, 6.07) is 47.8. The number of nitrogens with zero attached hydrogens (tertiary/aromatic N) is 3. The predicted octanol–water partition coefficient (Wildman–Crippen LogP) is 10.1. The summed E-state index contributed by atoms with van der Waals surface area (Å²) in [6.45, 7) is 4.15. The Kier molecular flexibility index (Phi) is 11.1. The summed E-state index contributed by atoms with van der Waals surface area (Å²) in [5.41, 5.74) is 5.03. The number of carbonyl (C=O) groups excluding carboxylic acids is 3. The minimum Gasteiger partial charge on any atom is -0.440 e. The Morgan fingerprint density at radius 1 is 0.623 bits per heavy atom. The molecule has 0 aromatic heterocycles. The smallest absolute Gasteiger partial charge is 0.415 e. The molecular weight excluding hydrogens is 791 g/mol. The number of rotatable bonds is 11. The maximum Gasteiger partial charge on any atom is 0.415 e. The molecule has 0 aliphatic carbocycles. The maximum absolute atomic E-state index is 13.4. The molecule has 2 aliphatic rings. The molecule has 0 bridgehead atoms. The number of hydrogen-bond acceptors (Lipinski definition) is 8. The van der Waals surface area contributed by atoms with Crippen molar-refractivity contribution in [3.8, 4) is 22.3 Å². The zero-order valence-corrected chi connectivity index (χ0v) is 34.9. The molecule has 12 heteroatoms. The van der Waals surface area contributed by atoms with Crippen LogP contribution in [0.4, 0.5) is 26.7 Å². The molecular formula is C49H45N3O8S. The zero-order chi connectivity index (χ0) is 42.8. The molecule has 0 spiro atoms. The topological polar surface area (TPSA) is 123 Å². The van der Waals surface area contributed by atoms with Crippen molar-refractivity contribution in [3.63, 3.8) is 0 Å². The van der Waals surface area contributed by atoms with Crippen LogP contribution in [0.1, 0.15) is 48.2 Å². The van der Waals surface area contributed by atoms with E-state index in [9.17, 15) is 22.8 Å². The van der Waals surface area contributed by atoms with Gasteiger partial charge in [-0.3, -0.25) is 9.80 Å². The van der Waals surface area contributed by atoms with E-state index in [1.807, 2.05) is 117 Å². The summed E-state index contributed by atoms with van der Waals surface area (Å²) in [4.78, 5) is 43.2. The van der Waals surface area contributed by atoms with Gasteiger partial charge in [-0.1, -0.05) is 115 Å². The van der Waals surface area contributed by atoms with Crippen molar-refractivity contribution in [1.82, 2.24) is 0 Å². The van der Waals surface area contributed by atoms with Gasteiger partial charge in [-0.25, -0.2) is 27.1 Å². The maximum atomic E-state index is 13.4. The molecule has 8 rings (SSSR count). The first-order valence-electron chi connectivity index (χ1n) is 20.0. The Bertz CT molecular complexity index is 2690. The number of hydrogen-bond donors (Lipinski definition) is 0. The van der Waals surface area contributed by atoms with Crippen LogP contribution in [0.15, 0.2) is 158 Å². The van der Waals surface area contributed by atoms with Crippen molar-refractivity contribution in [2.45, 2.75) is 37.9 Å². The number of ether oxygens (including phenoxy) is 3. The van der Waals surface area contributed by atoms with Gasteiger partial charge >= 0.3 is 18.2 Å². The van der Waals surface area contributed by atoms with Crippen LogP contribution in [0.5, 0.6) is 0 Å². The van der Waals surface area contributed by atoms with Crippen molar-refractivity contribution < 1.29 is 37.0 Å². The van der Waals surface area contributed by atoms with Crippen LogP contribution >= 0.6 is 0 Å². The fourth-order valence-electron chi connectivity index (χ4n) is 7.86. The average Bonchev–Trinajstić information content (AvgIpc) is 3.27. The number of amides is 2. The van der Waals surface area contributed by atoms with Gasteiger partial charge in [0, 0.05) is 42.9 Å². The van der Waals surface area contributed by atoms with E-state index in [1.165, 1.54) is 0 Å². The van der Waals surface area contributed by atoms with Crippen molar-refractivity contribution in [2.75, 3.05) is 40.2 Å². The lowest BCUT2D eigenvalue weighted by atomic mass is 9.91. The van der Waals surface area contributed by atoms with Crippen LogP contribution in [-0.2, 0) is 35.4 Å². The van der Waals surface area contributed by atoms with Crippen molar-refractivity contribution in [3.05, 3.63) is 174 Å². The fourth-order valence-corrected chi connectivity index (χ4v) is 8.62. The van der Waals surface area contributed by atoms with E-state index in [0.717, 1.165) is 32.8 Å². The molecule has 11 nitrogen and oxygen atoms in total. The van der Waals surface area contributed by atoms with Crippen LogP contribution in [0, 0.1) is 0 Å². The van der Waals surface area contributed by atoms with Gasteiger partial charge in [0.25, 0.3) is 0 Å². The predicted molar refractivity (Wildman–Crippen MR) is 236 cm³/mol. The van der Waals surface area contributed by atoms with Crippen LogP contribution < -0.4 is 14.1 Å². The summed E-state index contributed by atoms with van der Waals surface area (Å²) in [5.74, 6) is -0.711. The van der Waals surface area contributed by atoms with Crippen LogP contribution in [-0.4, -0.2) is 52.6 Å². The molecule has 310 valence electrons. The van der Waals surface area contributed by atoms with Gasteiger partial charge in [-0.05, 0) is 84.1 Å². The highest BCUT2D eigenvalue weighted by atomic mass is 32.2. The second-order valence-electron chi connectivity index (χ2n) is 15.6. The molecule has 0 N–H and O–H groups in total. The molecule has 2 atom stereocenters. The molecule has 0 saturated carbocycles. The van der Waals surface area contributed by atoms with Crippen molar-refractivity contribution in [2.24, 2.45) is 0 Å². The molecule has 2 heterocycles. The Morgan fingerprint density at radius 3 is 1.64 bits per heavy atom. The van der Waals surface area contributed by atoms with Gasteiger partial charge < -0.3 is 14.2 Å². The quantitative estimate of drug-likeness (QED) is 0.0718. The summed E-state index contributed by atoms with van der Waals surface area (Å²) >= 11 is 0. The summed E-state index contributed by atoms with van der Waals surface area (Å²) in [5, 5.41) is 0. The fraction of sp³-hybridized carbons (Fsp3) is 0.204. The first-order chi connectivity index (χ1) is 29.3. The minimum absolute atomic E-state index is 0.228. The third kappa shape index (κ3) is 8.58. The molecule has 2 fully saturated rings. The van der Waals surface area contributed by atoms with Crippen molar-refractivity contribution in [1.29, 1.82) is 0 Å². The summed E-state index contributed by atoms with van der Waals surface area (Å²) in [6.07, 6.45) is 1.33. The summed E-state index contributed by atoms with van der Waals surface area (Å²) in [7, 11) is -3.95. The summed E-state index contributed by atoms with van der Waals surface area (Å²) < 4.78 is 45.2. The Balaban J connectivity index is 0.948. The Hall–Kier alpha value is -6.92. The molecule has 6 aromatic carbocycles. The standard InChI is InChI=1S/C49H45N3O8S/c1-48(39-16-6-4-7-17-39)28-30-50(46(54)59-48)41-20-12-14-37(32-41)35-24-26-36(27-25-35)45(53)58-34-52(61(3,56)57)44-23-11-10-22-43(44)38-15-13-21-42(33-38)51-31-29-49(2,60-47(51)55)40-18-8-5-9-19-40/h4-27,32-33H,28-31,34H2,1-3H3. The van der Waals surface area contributed by atoms with Crippen LogP contribution in [0.2, 0.25) is 0 Å². The highest BCUT2D eigenvalue weighted by molar-refractivity contribution is 7.92. The molecule has 2 amide bonds. The van der Waals surface area contributed by atoms with E-state index in [-0.39, 0.29) is 5.56 Å². The molecule has 61 heavy (non-hydrogen) atoms. The highest BCUT2D eigenvalue weighted by Gasteiger charge is 2.40. The zero-order valence-electron chi connectivity index (χ0n) is 34.1. The van der Waals surface area contributed by atoms with Gasteiger partial charge in [0.15, 0.2) is 6.73 Å². The second kappa shape index (κ2) is 16.6. The van der Waals surface area contributed by atoms with E-state index in [2.05, 4.69) is 0 Å². The van der Waals surface area contributed by atoms with E-state index in [0.29, 0.717) is 54.1 Å². The molecule has 0 radical (unpaired) electrons. The van der Waals surface area contributed by atoms with E-state index < -0.39 is 46.1 Å². The van der Waals surface area contributed by atoms with Crippen molar-refractivity contribution >= 4 is 45.2 Å². The van der Waals surface area contributed by atoms with Gasteiger partial charge in [-0.2, -0.15) is 0 Å². The Morgan fingerprint density at radius 2 is 1.11 bits per heavy atom. The number of esters is 1. The molecule has 2 saturated heterocycles. The monoisotopic (exact) mass is 835 g/mol. The van der Waals surface area contributed by atoms with E-state index >= 15 is 0 Å². The van der Waals surface area contributed by atoms with E-state index in [1.54, 1.807) is 64.4 Å². The van der Waals surface area contributed by atoms with Crippen LogP contribution in [0.25, 0.3) is 22.3 Å². The largest absolute Gasteiger partial charge is 0.440 e. The number of anilines is 3. The lowest BCUT2D eigenvalue weighted by Gasteiger charge is -2.39. The number of cyclic esters (lactones) is 2. The van der Waals surface area contributed by atoms with Gasteiger partial charge in [-0.15, -0.1) is 0 Å². The third-order valence-corrected chi connectivity index (χ3v) is 12.5. The lowest BCUT2D eigenvalue weighted by molar-refractivity contribution is 0.00512.